The molecule has 3 rings (SSSR count). The van der Waals surface area contributed by atoms with E-state index in [2.05, 4.69) is 56.8 Å². The molecule has 158 valence electrons. The van der Waals surface area contributed by atoms with Crippen molar-refractivity contribution < 1.29 is 0 Å². The number of nitrogens with one attached hydrogen (secondary N) is 2. The molecule has 0 spiro atoms. The molecule has 1 unspecified atom stereocenters. The molecule has 1 saturated carbocycles. The van der Waals surface area contributed by atoms with Crippen LogP contribution in [0.4, 0.5) is 0 Å². The third-order valence-electron chi connectivity index (χ3n) is 6.71. The molecule has 0 radical (unpaired) electrons. The van der Waals surface area contributed by atoms with Crippen LogP contribution in [0.5, 0.6) is 0 Å². The smallest absolute Gasteiger partial charge is 0.191 e. The Morgan fingerprint density at radius 2 is 1.93 bits per heavy atom. The van der Waals surface area contributed by atoms with Gasteiger partial charge in [-0.05, 0) is 37.8 Å². The van der Waals surface area contributed by atoms with E-state index in [9.17, 15) is 0 Å². The maximum absolute atomic E-state index is 4.50. The van der Waals surface area contributed by atoms with E-state index in [1.54, 1.807) is 0 Å². The van der Waals surface area contributed by atoms with Crippen molar-refractivity contribution in [1.82, 2.24) is 20.4 Å². The number of hydrogen-bond acceptors (Lipinski definition) is 4. The average molecular weight is 406 g/mol. The van der Waals surface area contributed by atoms with Crippen LogP contribution in [-0.4, -0.2) is 74.7 Å². The molecule has 1 aromatic heterocycles. The lowest BCUT2D eigenvalue weighted by Crippen LogP contribution is -2.53. The monoisotopic (exact) mass is 405 g/mol. The highest BCUT2D eigenvalue weighted by Gasteiger charge is 2.35. The number of piperazine rings is 1. The zero-order chi connectivity index (χ0) is 19.8. The van der Waals surface area contributed by atoms with Gasteiger partial charge < -0.3 is 15.5 Å². The summed E-state index contributed by atoms with van der Waals surface area (Å²) in [5.74, 6) is 0.945. The van der Waals surface area contributed by atoms with Crippen LogP contribution in [0, 0.1) is 0 Å². The van der Waals surface area contributed by atoms with E-state index in [-0.39, 0.29) is 5.41 Å². The van der Waals surface area contributed by atoms with Gasteiger partial charge in [0.2, 0.25) is 0 Å². The Labute approximate surface area is 175 Å². The average Bonchev–Trinajstić information content (AvgIpc) is 3.30. The lowest BCUT2D eigenvalue weighted by Gasteiger charge is -2.38. The number of thiophene rings is 1. The number of hydrogen-bond donors (Lipinski definition) is 2. The lowest BCUT2D eigenvalue weighted by atomic mass is 9.73. The Balaban J connectivity index is 1.49. The van der Waals surface area contributed by atoms with Gasteiger partial charge in [0.1, 0.15) is 0 Å². The second-order valence-corrected chi connectivity index (χ2v) is 9.39. The lowest BCUT2D eigenvalue weighted by molar-refractivity contribution is 0.107. The van der Waals surface area contributed by atoms with Gasteiger partial charge in [-0.3, -0.25) is 9.89 Å². The normalized spacial score (nSPS) is 22.8. The molecular weight excluding hydrogens is 366 g/mol. The number of guanidine groups is 1. The van der Waals surface area contributed by atoms with Crippen LogP contribution in [0.1, 0.15) is 50.8 Å². The van der Waals surface area contributed by atoms with Crippen LogP contribution in [0.15, 0.2) is 22.5 Å². The number of likely N-dealkylation sites (N-methyl/N-ethyl adjacent to an activating group) is 1. The van der Waals surface area contributed by atoms with Crippen molar-refractivity contribution in [2.24, 2.45) is 4.99 Å². The first-order valence-corrected chi connectivity index (χ1v) is 12.0. The first kappa shape index (κ1) is 21.6. The fraction of sp³-hybridized carbons (Fsp3) is 0.773. The van der Waals surface area contributed by atoms with Crippen LogP contribution in [-0.2, 0) is 5.41 Å². The van der Waals surface area contributed by atoms with Crippen molar-refractivity contribution >= 4 is 17.3 Å². The van der Waals surface area contributed by atoms with Gasteiger partial charge in [-0.25, -0.2) is 0 Å². The van der Waals surface area contributed by atoms with Gasteiger partial charge in [0.25, 0.3) is 0 Å². The maximum atomic E-state index is 4.50. The Bertz CT molecular complexity index is 586. The van der Waals surface area contributed by atoms with Crippen molar-refractivity contribution in [3.05, 3.63) is 22.4 Å². The van der Waals surface area contributed by atoms with Gasteiger partial charge in [0.05, 0.1) is 0 Å². The Morgan fingerprint density at radius 1 is 1.18 bits per heavy atom. The zero-order valence-corrected chi connectivity index (χ0v) is 18.9. The number of nitrogens with zero attached hydrogens (tertiary/aromatic N) is 3. The molecule has 2 fully saturated rings. The van der Waals surface area contributed by atoms with E-state index in [0.717, 1.165) is 19.0 Å². The zero-order valence-electron chi connectivity index (χ0n) is 18.0. The number of rotatable bonds is 7. The van der Waals surface area contributed by atoms with Crippen LogP contribution < -0.4 is 10.6 Å². The Hall–Kier alpha value is -1.11. The Kier molecular flexibility index (Phi) is 8.18. The maximum Gasteiger partial charge on any atom is 0.191 e. The minimum Gasteiger partial charge on any atom is -0.355 e. The summed E-state index contributed by atoms with van der Waals surface area (Å²) in [6, 6.07) is 5.05. The summed E-state index contributed by atoms with van der Waals surface area (Å²) >= 11 is 1.92. The number of aliphatic imine (C=N–C) groups is 1. The molecule has 1 aliphatic carbocycles. The van der Waals surface area contributed by atoms with Gasteiger partial charge in [0.15, 0.2) is 5.96 Å². The molecule has 1 atom stereocenters. The SMILES string of the molecule is CCN1CCN(C(C)CNC(=NC)NCC2(c3cccs3)CCCCC2)CC1. The molecule has 1 aromatic rings. The molecule has 0 aromatic carbocycles. The fourth-order valence-corrected chi connectivity index (χ4v) is 5.67. The third kappa shape index (κ3) is 5.49. The second kappa shape index (κ2) is 10.6. The minimum absolute atomic E-state index is 0.284. The van der Waals surface area contributed by atoms with Crippen molar-refractivity contribution in [2.45, 2.75) is 57.4 Å². The van der Waals surface area contributed by atoms with E-state index in [1.807, 2.05) is 18.4 Å². The van der Waals surface area contributed by atoms with Gasteiger partial charge >= 0.3 is 0 Å². The minimum atomic E-state index is 0.284. The highest BCUT2D eigenvalue weighted by atomic mass is 32.1. The summed E-state index contributed by atoms with van der Waals surface area (Å²) in [7, 11) is 1.89. The molecule has 1 saturated heterocycles. The fourth-order valence-electron chi connectivity index (χ4n) is 4.69. The molecule has 2 N–H and O–H groups in total. The highest BCUT2D eigenvalue weighted by molar-refractivity contribution is 7.10. The first-order chi connectivity index (χ1) is 13.7. The van der Waals surface area contributed by atoms with Crippen molar-refractivity contribution in [3.63, 3.8) is 0 Å². The van der Waals surface area contributed by atoms with E-state index < -0.39 is 0 Å². The van der Waals surface area contributed by atoms with Gasteiger partial charge in [-0.15, -0.1) is 11.3 Å². The van der Waals surface area contributed by atoms with E-state index >= 15 is 0 Å². The topological polar surface area (TPSA) is 42.9 Å². The molecular formula is C22H39N5S. The van der Waals surface area contributed by atoms with Crippen LogP contribution in [0.2, 0.25) is 0 Å². The van der Waals surface area contributed by atoms with Crippen LogP contribution >= 0.6 is 11.3 Å². The molecule has 28 heavy (non-hydrogen) atoms. The molecule has 2 heterocycles. The highest BCUT2D eigenvalue weighted by Crippen LogP contribution is 2.41. The largest absolute Gasteiger partial charge is 0.355 e. The van der Waals surface area contributed by atoms with Gasteiger partial charge in [-0.1, -0.05) is 32.3 Å². The quantitative estimate of drug-likeness (QED) is 0.540. The summed E-state index contributed by atoms with van der Waals surface area (Å²) in [6.45, 7) is 12.4. The molecule has 1 aliphatic heterocycles. The predicted molar refractivity (Wildman–Crippen MR) is 122 cm³/mol. The summed E-state index contributed by atoms with van der Waals surface area (Å²) in [4.78, 5) is 11.2. The first-order valence-electron chi connectivity index (χ1n) is 11.1. The Morgan fingerprint density at radius 3 is 2.54 bits per heavy atom. The van der Waals surface area contributed by atoms with Crippen molar-refractivity contribution in [3.8, 4) is 0 Å². The predicted octanol–water partition coefficient (Wildman–Crippen LogP) is 3.14. The summed E-state index contributed by atoms with van der Waals surface area (Å²) in [5.41, 5.74) is 0.284. The molecule has 5 nitrogen and oxygen atoms in total. The third-order valence-corrected chi connectivity index (χ3v) is 7.83. The van der Waals surface area contributed by atoms with Crippen LogP contribution in [0.3, 0.4) is 0 Å². The molecule has 0 bridgehead atoms. The van der Waals surface area contributed by atoms with E-state index in [1.165, 1.54) is 69.7 Å². The second-order valence-electron chi connectivity index (χ2n) is 8.44. The summed E-state index contributed by atoms with van der Waals surface area (Å²) < 4.78 is 0. The van der Waals surface area contributed by atoms with E-state index in [0.29, 0.717) is 6.04 Å². The van der Waals surface area contributed by atoms with Gasteiger partial charge in [0, 0.05) is 62.7 Å². The summed E-state index contributed by atoms with van der Waals surface area (Å²) in [6.07, 6.45) is 6.63. The molecule has 0 amide bonds. The van der Waals surface area contributed by atoms with Crippen molar-refractivity contribution in [1.29, 1.82) is 0 Å². The summed E-state index contributed by atoms with van der Waals surface area (Å²) in [5, 5.41) is 9.46. The van der Waals surface area contributed by atoms with Crippen molar-refractivity contribution in [2.75, 3.05) is 52.9 Å². The molecule has 2 aliphatic rings. The van der Waals surface area contributed by atoms with E-state index in [4.69, 9.17) is 0 Å². The molecule has 6 heteroatoms. The van der Waals surface area contributed by atoms with Crippen LogP contribution in [0.25, 0.3) is 0 Å². The van der Waals surface area contributed by atoms with Gasteiger partial charge in [-0.2, -0.15) is 0 Å². The standard InChI is InChI=1S/C22H39N5S/c1-4-26-12-14-27(15-13-26)19(2)17-24-21(23-3)25-18-22(10-6-5-7-11-22)20-9-8-16-28-20/h8-9,16,19H,4-7,10-15,17-18H2,1-3H3,(H2,23,24,25).